The molecule has 0 aliphatic heterocycles. The molecule has 0 fully saturated rings. The number of carbonyl (C=O) groups excluding carboxylic acids is 2. The Morgan fingerprint density at radius 1 is 1.32 bits per heavy atom. The molecule has 1 aliphatic rings. The average molecular weight is 261 g/mol. The van der Waals surface area contributed by atoms with Gasteiger partial charge < -0.3 is 9.64 Å². The topological polar surface area (TPSA) is 46.6 Å². The summed E-state index contributed by atoms with van der Waals surface area (Å²) in [5, 5.41) is 0. The van der Waals surface area contributed by atoms with Gasteiger partial charge in [-0.25, -0.2) is 0 Å². The molecule has 19 heavy (non-hydrogen) atoms. The van der Waals surface area contributed by atoms with E-state index in [0.717, 1.165) is 23.3 Å². The fourth-order valence-electron chi connectivity index (χ4n) is 2.16. The van der Waals surface area contributed by atoms with Crippen molar-refractivity contribution in [2.45, 2.75) is 25.7 Å². The van der Waals surface area contributed by atoms with Crippen molar-refractivity contribution in [2.75, 3.05) is 20.7 Å². The Labute approximate surface area is 113 Å². The molecule has 0 spiro atoms. The summed E-state index contributed by atoms with van der Waals surface area (Å²) in [6.07, 6.45) is 2.62. The van der Waals surface area contributed by atoms with Gasteiger partial charge in [-0.05, 0) is 36.6 Å². The fraction of sp³-hybridized carbons (Fsp3) is 0.467. The molecule has 1 amide bonds. The van der Waals surface area contributed by atoms with E-state index in [-0.39, 0.29) is 11.7 Å². The van der Waals surface area contributed by atoms with Crippen molar-refractivity contribution in [1.29, 1.82) is 0 Å². The second-order valence-electron chi connectivity index (χ2n) is 4.98. The van der Waals surface area contributed by atoms with Crippen molar-refractivity contribution in [3.63, 3.8) is 0 Å². The predicted molar refractivity (Wildman–Crippen MR) is 72.5 cm³/mol. The van der Waals surface area contributed by atoms with Crippen LogP contribution in [0.1, 0.15) is 35.2 Å². The molecule has 4 nitrogen and oxygen atoms in total. The zero-order valence-electron chi connectivity index (χ0n) is 11.4. The van der Waals surface area contributed by atoms with Crippen LogP contribution in [0.25, 0.3) is 0 Å². The van der Waals surface area contributed by atoms with Gasteiger partial charge in [0.05, 0.1) is 6.61 Å². The third-order valence-electron chi connectivity index (χ3n) is 3.30. The third kappa shape index (κ3) is 3.34. The lowest BCUT2D eigenvalue weighted by Gasteiger charge is -2.11. The standard InChI is InChI=1S/C15H19NO3/c1-16(2)15(18)4-3-9-19-12-6-7-13-11(10-12)5-8-14(13)17/h6-7,10H,3-5,8-9H2,1-2H3. The summed E-state index contributed by atoms with van der Waals surface area (Å²) < 4.78 is 5.61. The molecule has 0 radical (unpaired) electrons. The molecule has 0 N–H and O–H groups in total. The van der Waals surface area contributed by atoms with E-state index in [1.54, 1.807) is 19.0 Å². The first-order valence-electron chi connectivity index (χ1n) is 6.57. The van der Waals surface area contributed by atoms with Crippen LogP contribution in [-0.2, 0) is 11.2 Å². The van der Waals surface area contributed by atoms with Gasteiger partial charge >= 0.3 is 0 Å². The first-order chi connectivity index (χ1) is 9.08. The van der Waals surface area contributed by atoms with Crippen LogP contribution in [0.3, 0.4) is 0 Å². The van der Waals surface area contributed by atoms with Gasteiger partial charge in [0.2, 0.25) is 5.91 Å². The van der Waals surface area contributed by atoms with E-state index in [9.17, 15) is 9.59 Å². The minimum absolute atomic E-state index is 0.114. The predicted octanol–water partition coefficient (Wildman–Crippen LogP) is 2.06. The van der Waals surface area contributed by atoms with Crippen LogP contribution < -0.4 is 4.74 Å². The van der Waals surface area contributed by atoms with Crippen LogP contribution in [-0.4, -0.2) is 37.3 Å². The van der Waals surface area contributed by atoms with Crippen molar-refractivity contribution >= 4 is 11.7 Å². The van der Waals surface area contributed by atoms with Crippen molar-refractivity contribution in [3.05, 3.63) is 29.3 Å². The van der Waals surface area contributed by atoms with Crippen LogP contribution in [0.4, 0.5) is 0 Å². The van der Waals surface area contributed by atoms with Gasteiger partial charge in [-0.15, -0.1) is 0 Å². The summed E-state index contributed by atoms with van der Waals surface area (Å²) in [6.45, 7) is 0.520. The van der Waals surface area contributed by atoms with E-state index < -0.39 is 0 Å². The number of nitrogens with zero attached hydrogens (tertiary/aromatic N) is 1. The van der Waals surface area contributed by atoms with Gasteiger partial charge in [0, 0.05) is 32.5 Å². The van der Waals surface area contributed by atoms with E-state index in [1.165, 1.54) is 0 Å². The Hall–Kier alpha value is -1.84. The van der Waals surface area contributed by atoms with Crippen LogP contribution in [0.5, 0.6) is 5.75 Å². The number of Topliss-reactive ketones (excluding diaryl/α,β-unsaturated/α-hetero) is 1. The number of hydrogen-bond donors (Lipinski definition) is 0. The number of hydrogen-bond acceptors (Lipinski definition) is 3. The Morgan fingerprint density at radius 2 is 2.11 bits per heavy atom. The second-order valence-corrected chi connectivity index (χ2v) is 4.98. The number of rotatable bonds is 5. The molecule has 1 aliphatic carbocycles. The molecule has 2 rings (SSSR count). The number of aryl methyl sites for hydroxylation is 1. The zero-order valence-corrected chi connectivity index (χ0v) is 11.4. The fourth-order valence-corrected chi connectivity index (χ4v) is 2.16. The van der Waals surface area contributed by atoms with Gasteiger partial charge in [-0.1, -0.05) is 0 Å². The van der Waals surface area contributed by atoms with Crippen molar-refractivity contribution in [2.24, 2.45) is 0 Å². The molecular weight excluding hydrogens is 242 g/mol. The molecule has 1 aromatic carbocycles. The SMILES string of the molecule is CN(C)C(=O)CCCOc1ccc2c(c1)CCC2=O. The molecule has 4 heteroatoms. The molecule has 102 valence electrons. The minimum Gasteiger partial charge on any atom is -0.494 e. The molecule has 0 unspecified atom stereocenters. The Morgan fingerprint density at radius 3 is 2.84 bits per heavy atom. The summed E-state index contributed by atoms with van der Waals surface area (Å²) in [6, 6.07) is 5.61. The van der Waals surface area contributed by atoms with Crippen LogP contribution in [0, 0.1) is 0 Å². The first kappa shape index (κ1) is 13.6. The van der Waals surface area contributed by atoms with E-state index in [0.29, 0.717) is 25.9 Å². The van der Waals surface area contributed by atoms with E-state index >= 15 is 0 Å². The molecule has 0 saturated heterocycles. The maximum atomic E-state index is 11.5. The minimum atomic E-state index is 0.114. The van der Waals surface area contributed by atoms with E-state index in [2.05, 4.69) is 0 Å². The van der Waals surface area contributed by atoms with Crippen LogP contribution >= 0.6 is 0 Å². The van der Waals surface area contributed by atoms with Gasteiger partial charge in [0.1, 0.15) is 5.75 Å². The lowest BCUT2D eigenvalue weighted by Crippen LogP contribution is -2.21. The van der Waals surface area contributed by atoms with E-state index in [4.69, 9.17) is 4.74 Å². The highest BCUT2D eigenvalue weighted by molar-refractivity contribution is 6.00. The summed E-state index contributed by atoms with van der Waals surface area (Å²) in [5.41, 5.74) is 1.90. The van der Waals surface area contributed by atoms with Gasteiger partial charge in [0.15, 0.2) is 5.78 Å². The normalized spacial score (nSPS) is 13.3. The van der Waals surface area contributed by atoms with Crippen molar-refractivity contribution < 1.29 is 14.3 Å². The highest BCUT2D eigenvalue weighted by Crippen LogP contribution is 2.26. The smallest absolute Gasteiger partial charge is 0.222 e. The zero-order chi connectivity index (χ0) is 13.8. The molecule has 1 aromatic rings. The number of fused-ring (bicyclic) bond motifs is 1. The molecular formula is C15H19NO3. The van der Waals surface area contributed by atoms with E-state index in [1.807, 2.05) is 18.2 Å². The summed E-state index contributed by atoms with van der Waals surface area (Å²) >= 11 is 0. The monoisotopic (exact) mass is 261 g/mol. The lowest BCUT2D eigenvalue weighted by atomic mass is 10.1. The Kier molecular flexibility index (Phi) is 4.20. The number of benzene rings is 1. The number of amides is 1. The van der Waals surface area contributed by atoms with Crippen LogP contribution in [0.2, 0.25) is 0 Å². The quantitative estimate of drug-likeness (QED) is 0.762. The summed E-state index contributed by atoms with van der Waals surface area (Å²) in [7, 11) is 3.50. The highest BCUT2D eigenvalue weighted by atomic mass is 16.5. The maximum absolute atomic E-state index is 11.5. The molecule has 0 aromatic heterocycles. The number of ketones is 1. The largest absolute Gasteiger partial charge is 0.494 e. The van der Waals surface area contributed by atoms with Crippen LogP contribution in [0.15, 0.2) is 18.2 Å². The first-order valence-corrected chi connectivity index (χ1v) is 6.57. The third-order valence-corrected chi connectivity index (χ3v) is 3.30. The Bertz CT molecular complexity index is 494. The van der Waals surface area contributed by atoms with Gasteiger partial charge in [0.25, 0.3) is 0 Å². The molecule has 0 atom stereocenters. The summed E-state index contributed by atoms with van der Waals surface area (Å²) in [4.78, 5) is 24.5. The number of ether oxygens (including phenoxy) is 1. The van der Waals surface area contributed by atoms with Crippen molar-refractivity contribution in [1.82, 2.24) is 4.90 Å². The molecule has 0 saturated carbocycles. The average Bonchev–Trinajstić information content (AvgIpc) is 2.75. The van der Waals surface area contributed by atoms with Crippen molar-refractivity contribution in [3.8, 4) is 5.75 Å². The lowest BCUT2D eigenvalue weighted by molar-refractivity contribution is -0.128. The van der Waals surface area contributed by atoms with Gasteiger partial charge in [-0.3, -0.25) is 9.59 Å². The van der Waals surface area contributed by atoms with Gasteiger partial charge in [-0.2, -0.15) is 0 Å². The Balaban J connectivity index is 1.81. The second kappa shape index (κ2) is 5.87. The molecule has 0 bridgehead atoms. The maximum Gasteiger partial charge on any atom is 0.222 e. The summed E-state index contributed by atoms with van der Waals surface area (Å²) in [5.74, 6) is 1.12. The molecule has 0 heterocycles. The highest BCUT2D eigenvalue weighted by Gasteiger charge is 2.19. The number of carbonyl (C=O) groups is 2.